The van der Waals surface area contributed by atoms with E-state index in [-0.39, 0.29) is 17.7 Å². The lowest BCUT2D eigenvalue weighted by Gasteiger charge is -2.26. The zero-order valence-corrected chi connectivity index (χ0v) is 16.3. The fourth-order valence-corrected chi connectivity index (χ4v) is 4.37. The average Bonchev–Trinajstić information content (AvgIpc) is 3.05. The molecule has 1 fully saturated rings. The summed E-state index contributed by atoms with van der Waals surface area (Å²) < 4.78 is 10.6. The van der Waals surface area contributed by atoms with Gasteiger partial charge in [-0.05, 0) is 19.4 Å². The Labute approximate surface area is 167 Å². The first-order chi connectivity index (χ1) is 13.9. The van der Waals surface area contributed by atoms with Gasteiger partial charge in [0.05, 0.1) is 24.2 Å². The molecule has 3 heterocycles. The van der Waals surface area contributed by atoms with E-state index in [1.807, 2.05) is 13.8 Å². The number of pyridine rings is 2. The van der Waals surface area contributed by atoms with Crippen LogP contribution in [0.1, 0.15) is 29.4 Å². The molecule has 1 N–H and O–H groups in total. The molecular weight excluding hydrogens is 374 g/mol. The Morgan fingerprint density at radius 2 is 2.00 bits per heavy atom. The number of aryl methyl sites for hydroxylation is 1. The highest BCUT2D eigenvalue weighted by Crippen LogP contribution is 2.45. The fourth-order valence-electron chi connectivity index (χ4n) is 4.37. The number of amides is 1. The highest BCUT2D eigenvalue weighted by Gasteiger charge is 2.51. The summed E-state index contributed by atoms with van der Waals surface area (Å²) in [6.45, 7) is 3.71. The number of rotatable bonds is 3. The summed E-state index contributed by atoms with van der Waals surface area (Å²) in [5.41, 5.74) is 1.52. The lowest BCUT2D eigenvalue weighted by molar-refractivity contribution is -0.137. The molecule has 8 heteroatoms. The summed E-state index contributed by atoms with van der Waals surface area (Å²) in [7, 11) is 1.30. The Bertz CT molecular complexity index is 1050. The van der Waals surface area contributed by atoms with E-state index in [4.69, 9.17) is 9.47 Å². The molecule has 1 amide bonds. The van der Waals surface area contributed by atoms with Gasteiger partial charge in [0.15, 0.2) is 0 Å². The number of carbonyl (C=O) groups is 3. The molecule has 2 aromatic rings. The van der Waals surface area contributed by atoms with Crippen molar-refractivity contribution in [2.45, 2.75) is 26.4 Å². The number of aromatic nitrogens is 2. The van der Waals surface area contributed by atoms with Gasteiger partial charge in [0.1, 0.15) is 6.10 Å². The van der Waals surface area contributed by atoms with Gasteiger partial charge in [0.25, 0.3) is 0 Å². The second kappa shape index (κ2) is 7.27. The Morgan fingerprint density at radius 3 is 2.76 bits per heavy atom. The Balaban J connectivity index is 1.60. The predicted molar refractivity (Wildman–Crippen MR) is 102 cm³/mol. The van der Waals surface area contributed by atoms with Gasteiger partial charge in [-0.1, -0.05) is 6.92 Å². The van der Waals surface area contributed by atoms with Crippen molar-refractivity contribution >= 4 is 28.6 Å². The van der Waals surface area contributed by atoms with Crippen LogP contribution in [0.4, 0.5) is 0 Å². The monoisotopic (exact) mass is 395 g/mol. The molecule has 4 atom stereocenters. The number of hydrogen-bond donors (Lipinski definition) is 1. The molecule has 1 aliphatic carbocycles. The van der Waals surface area contributed by atoms with Crippen molar-refractivity contribution in [2.75, 3.05) is 7.11 Å². The van der Waals surface area contributed by atoms with Crippen LogP contribution >= 0.6 is 0 Å². The second-order valence-electron chi connectivity index (χ2n) is 7.45. The molecular formula is C21H21N3O5. The lowest BCUT2D eigenvalue weighted by Crippen LogP contribution is -2.40. The molecule has 2 aromatic heterocycles. The largest absolute Gasteiger partial charge is 0.466 e. The van der Waals surface area contributed by atoms with Crippen molar-refractivity contribution < 1.29 is 23.9 Å². The Kier molecular flexibility index (Phi) is 4.77. The predicted octanol–water partition coefficient (Wildman–Crippen LogP) is 1.92. The first-order valence-corrected chi connectivity index (χ1v) is 9.41. The van der Waals surface area contributed by atoms with Gasteiger partial charge in [-0.25, -0.2) is 9.59 Å². The normalized spacial score (nSPS) is 25.8. The van der Waals surface area contributed by atoms with E-state index in [9.17, 15) is 14.4 Å². The van der Waals surface area contributed by atoms with Crippen LogP contribution in [0.25, 0.3) is 10.8 Å². The van der Waals surface area contributed by atoms with Gasteiger partial charge in [0.2, 0.25) is 5.91 Å². The highest BCUT2D eigenvalue weighted by molar-refractivity contribution is 6.04. The number of ether oxygens (including phenoxy) is 2. The second-order valence-corrected chi connectivity index (χ2v) is 7.45. The van der Waals surface area contributed by atoms with Crippen molar-refractivity contribution in [1.82, 2.24) is 15.3 Å². The Morgan fingerprint density at radius 1 is 1.21 bits per heavy atom. The minimum atomic E-state index is -0.507. The van der Waals surface area contributed by atoms with Crippen molar-refractivity contribution in [3.8, 4) is 0 Å². The van der Waals surface area contributed by atoms with Crippen molar-refractivity contribution in [3.63, 3.8) is 0 Å². The molecule has 29 heavy (non-hydrogen) atoms. The van der Waals surface area contributed by atoms with E-state index in [1.54, 1.807) is 18.5 Å². The zero-order valence-electron chi connectivity index (χ0n) is 16.3. The molecule has 2 aliphatic rings. The zero-order chi connectivity index (χ0) is 20.7. The smallest absolute Gasteiger partial charge is 0.340 e. The summed E-state index contributed by atoms with van der Waals surface area (Å²) in [6, 6.07) is 1.75. The molecule has 0 unspecified atom stereocenters. The number of nitrogens with zero attached hydrogens (tertiary/aromatic N) is 2. The number of carbonyl (C=O) groups excluding carboxylic acids is 3. The van der Waals surface area contributed by atoms with E-state index in [1.165, 1.54) is 19.5 Å². The summed E-state index contributed by atoms with van der Waals surface area (Å²) in [6.07, 6.45) is 6.05. The molecule has 4 rings (SSSR count). The van der Waals surface area contributed by atoms with Crippen LogP contribution in [0.3, 0.4) is 0 Å². The third-order valence-electron chi connectivity index (χ3n) is 5.93. The summed E-state index contributed by atoms with van der Waals surface area (Å²) in [5, 5.41) is 4.12. The maximum Gasteiger partial charge on any atom is 0.340 e. The summed E-state index contributed by atoms with van der Waals surface area (Å²) in [5.74, 6) is -2.22. The minimum absolute atomic E-state index is 0.178. The van der Waals surface area contributed by atoms with E-state index in [2.05, 4.69) is 15.3 Å². The molecule has 1 saturated carbocycles. The number of methoxy groups -OCH3 is 1. The quantitative estimate of drug-likeness (QED) is 0.791. The molecule has 0 saturated heterocycles. The van der Waals surface area contributed by atoms with E-state index < -0.39 is 24.0 Å². The van der Waals surface area contributed by atoms with Gasteiger partial charge < -0.3 is 14.8 Å². The third kappa shape index (κ3) is 3.14. The molecule has 1 aliphatic heterocycles. The van der Waals surface area contributed by atoms with Crippen LogP contribution in [-0.4, -0.2) is 41.0 Å². The van der Waals surface area contributed by atoms with Crippen molar-refractivity contribution in [3.05, 3.63) is 47.7 Å². The first-order valence-electron chi connectivity index (χ1n) is 9.41. The van der Waals surface area contributed by atoms with Crippen LogP contribution in [0.5, 0.6) is 0 Å². The topological polar surface area (TPSA) is 107 Å². The van der Waals surface area contributed by atoms with Crippen LogP contribution in [0.2, 0.25) is 0 Å². The molecule has 0 bridgehead atoms. The van der Waals surface area contributed by atoms with Gasteiger partial charge in [0, 0.05) is 53.1 Å². The molecule has 0 aromatic carbocycles. The maximum atomic E-state index is 12.9. The number of nitrogens with one attached hydrogen (secondary N) is 1. The molecule has 0 radical (unpaired) electrons. The molecule has 0 spiro atoms. The van der Waals surface area contributed by atoms with Gasteiger partial charge in [-0.15, -0.1) is 0 Å². The number of fused-ring (bicyclic) bond motifs is 2. The van der Waals surface area contributed by atoms with Gasteiger partial charge >= 0.3 is 11.9 Å². The highest BCUT2D eigenvalue weighted by atomic mass is 16.5. The first kappa shape index (κ1) is 19.0. The maximum absolute atomic E-state index is 12.9. The SMILES string of the molecule is COC(=O)C1=CNC(=O)[C@@H]2[C@@H](C)[C@@H](OC(=O)c3cnc(C)c4cnccc34)C[C@H]12. The third-order valence-corrected chi connectivity index (χ3v) is 5.93. The van der Waals surface area contributed by atoms with Gasteiger partial charge in [-0.2, -0.15) is 0 Å². The lowest BCUT2D eigenvalue weighted by atomic mass is 9.82. The van der Waals surface area contributed by atoms with E-state index >= 15 is 0 Å². The van der Waals surface area contributed by atoms with E-state index in [0.29, 0.717) is 22.9 Å². The van der Waals surface area contributed by atoms with Crippen LogP contribution in [0.15, 0.2) is 36.4 Å². The number of esters is 2. The Hall–Kier alpha value is -3.29. The van der Waals surface area contributed by atoms with Crippen molar-refractivity contribution in [1.29, 1.82) is 0 Å². The summed E-state index contributed by atoms with van der Waals surface area (Å²) >= 11 is 0. The standard InChI is InChI=1S/C21H21N3O5/c1-10-17(6-13-16(20(26)28-3)9-24-19(25)18(10)13)29-21(27)15-8-23-11(2)14-7-22-5-4-12(14)15/h4-5,7-10,13,17-18H,6H2,1-3H3,(H,24,25)/t10-,13+,17-,18+/m0/s1. The van der Waals surface area contributed by atoms with Crippen LogP contribution < -0.4 is 5.32 Å². The van der Waals surface area contributed by atoms with Gasteiger partial charge in [-0.3, -0.25) is 14.8 Å². The molecule has 8 nitrogen and oxygen atoms in total. The fraction of sp³-hybridized carbons (Fsp3) is 0.381. The van der Waals surface area contributed by atoms with Crippen molar-refractivity contribution in [2.24, 2.45) is 17.8 Å². The summed E-state index contributed by atoms with van der Waals surface area (Å²) in [4.78, 5) is 45.8. The number of hydrogen-bond acceptors (Lipinski definition) is 7. The van der Waals surface area contributed by atoms with Crippen LogP contribution in [-0.2, 0) is 19.1 Å². The van der Waals surface area contributed by atoms with E-state index in [0.717, 1.165) is 11.1 Å². The average molecular weight is 395 g/mol. The van der Waals surface area contributed by atoms with Crippen LogP contribution in [0, 0.1) is 24.7 Å². The minimum Gasteiger partial charge on any atom is -0.466 e. The molecule has 150 valence electrons.